The number of likely N-dealkylation sites (tertiary alicyclic amines) is 1. The monoisotopic (exact) mass is 344 g/mol. The number of amides is 1. The lowest BCUT2D eigenvalue weighted by molar-refractivity contribution is 0.0926. The van der Waals surface area contributed by atoms with E-state index in [4.69, 9.17) is 4.42 Å². The molecular formula is C18H24N4O3. The average Bonchev–Trinajstić information content (AvgIpc) is 3.31. The first-order valence-electron chi connectivity index (χ1n) is 8.83. The Balaban J connectivity index is 1.69. The molecule has 7 heteroatoms. The van der Waals surface area contributed by atoms with Gasteiger partial charge < -0.3 is 9.73 Å². The topological polar surface area (TPSA) is 80.4 Å². The summed E-state index contributed by atoms with van der Waals surface area (Å²) in [5, 5.41) is 7.09. The molecule has 1 saturated heterocycles. The van der Waals surface area contributed by atoms with Crippen LogP contribution in [0.4, 0.5) is 0 Å². The quantitative estimate of drug-likeness (QED) is 0.829. The minimum atomic E-state index is -0.277. The molecule has 1 N–H and O–H groups in total. The lowest BCUT2D eigenvalue weighted by Crippen LogP contribution is -2.37. The molecule has 134 valence electrons. The number of rotatable bonds is 7. The summed E-state index contributed by atoms with van der Waals surface area (Å²) in [6, 6.07) is 6.68. The van der Waals surface area contributed by atoms with Crippen molar-refractivity contribution in [3.05, 3.63) is 52.3 Å². The van der Waals surface area contributed by atoms with Crippen LogP contribution in [0.1, 0.15) is 48.5 Å². The first kappa shape index (κ1) is 17.4. The molecule has 3 heterocycles. The van der Waals surface area contributed by atoms with Crippen molar-refractivity contribution in [3.63, 3.8) is 0 Å². The molecule has 2 aromatic heterocycles. The van der Waals surface area contributed by atoms with Gasteiger partial charge in [-0.1, -0.05) is 6.92 Å². The molecule has 0 aliphatic carbocycles. The zero-order chi connectivity index (χ0) is 17.6. The van der Waals surface area contributed by atoms with Crippen molar-refractivity contribution in [1.82, 2.24) is 20.0 Å². The van der Waals surface area contributed by atoms with Crippen LogP contribution in [0, 0.1) is 0 Å². The Morgan fingerprint density at radius 1 is 1.32 bits per heavy atom. The van der Waals surface area contributed by atoms with Crippen molar-refractivity contribution in [2.75, 3.05) is 19.6 Å². The highest BCUT2D eigenvalue weighted by Crippen LogP contribution is 2.24. The molecule has 0 bridgehead atoms. The van der Waals surface area contributed by atoms with Gasteiger partial charge in [-0.25, -0.2) is 4.68 Å². The summed E-state index contributed by atoms with van der Waals surface area (Å²) in [4.78, 5) is 26.5. The van der Waals surface area contributed by atoms with Crippen LogP contribution in [0.25, 0.3) is 0 Å². The molecule has 0 saturated carbocycles. The number of nitrogens with zero attached hydrogens (tertiary/aromatic N) is 3. The van der Waals surface area contributed by atoms with E-state index in [0.29, 0.717) is 13.1 Å². The van der Waals surface area contributed by atoms with Crippen LogP contribution in [0.5, 0.6) is 0 Å². The molecule has 0 aromatic carbocycles. The van der Waals surface area contributed by atoms with E-state index in [1.54, 1.807) is 6.26 Å². The summed E-state index contributed by atoms with van der Waals surface area (Å²) in [5.41, 5.74) is 0.0663. The van der Waals surface area contributed by atoms with Gasteiger partial charge in [0, 0.05) is 19.2 Å². The van der Waals surface area contributed by atoms with Gasteiger partial charge in [0.15, 0.2) is 0 Å². The van der Waals surface area contributed by atoms with E-state index < -0.39 is 0 Å². The Labute approximate surface area is 146 Å². The van der Waals surface area contributed by atoms with Crippen molar-refractivity contribution in [3.8, 4) is 0 Å². The van der Waals surface area contributed by atoms with Crippen LogP contribution >= 0.6 is 0 Å². The van der Waals surface area contributed by atoms with Crippen LogP contribution in [0.3, 0.4) is 0 Å². The third-order valence-corrected chi connectivity index (χ3v) is 4.44. The maximum absolute atomic E-state index is 12.5. The highest BCUT2D eigenvalue weighted by molar-refractivity contribution is 5.92. The number of hydrogen-bond donors (Lipinski definition) is 1. The second-order valence-corrected chi connectivity index (χ2v) is 6.26. The third kappa shape index (κ3) is 4.17. The molecule has 0 spiro atoms. The molecule has 2 aromatic rings. The molecule has 1 aliphatic rings. The van der Waals surface area contributed by atoms with Crippen LogP contribution in [-0.4, -0.2) is 40.2 Å². The molecule has 1 atom stereocenters. The second kappa shape index (κ2) is 8.11. The van der Waals surface area contributed by atoms with Gasteiger partial charge >= 0.3 is 0 Å². The lowest BCUT2D eigenvalue weighted by atomic mass is 10.2. The number of aryl methyl sites for hydroxylation is 1. The minimum absolute atomic E-state index is 0.0167. The number of nitrogens with one attached hydrogen (secondary N) is 1. The Hall–Kier alpha value is -2.41. The Bertz CT molecular complexity index is 748. The Morgan fingerprint density at radius 3 is 2.80 bits per heavy atom. The van der Waals surface area contributed by atoms with Gasteiger partial charge in [-0.3, -0.25) is 14.5 Å². The van der Waals surface area contributed by atoms with Crippen molar-refractivity contribution in [2.45, 2.75) is 38.8 Å². The summed E-state index contributed by atoms with van der Waals surface area (Å²) in [6.45, 7) is 4.91. The fourth-order valence-corrected chi connectivity index (χ4v) is 3.17. The van der Waals surface area contributed by atoms with Gasteiger partial charge in [0.25, 0.3) is 11.5 Å². The first-order chi connectivity index (χ1) is 12.2. The van der Waals surface area contributed by atoms with E-state index in [1.807, 2.05) is 19.1 Å². The lowest BCUT2D eigenvalue weighted by Gasteiger charge is -2.25. The molecule has 1 fully saturated rings. The highest BCUT2D eigenvalue weighted by atomic mass is 16.3. The van der Waals surface area contributed by atoms with Crippen molar-refractivity contribution >= 4 is 5.91 Å². The van der Waals surface area contributed by atoms with Crippen LogP contribution in [0.15, 0.2) is 39.7 Å². The fourth-order valence-electron chi connectivity index (χ4n) is 3.17. The molecule has 3 rings (SSSR count). The predicted octanol–water partition coefficient (Wildman–Crippen LogP) is 1.81. The molecule has 0 radical (unpaired) electrons. The molecule has 0 unspecified atom stereocenters. The van der Waals surface area contributed by atoms with E-state index in [2.05, 4.69) is 15.3 Å². The van der Waals surface area contributed by atoms with Crippen molar-refractivity contribution < 1.29 is 9.21 Å². The van der Waals surface area contributed by atoms with Gasteiger partial charge in [-0.2, -0.15) is 5.10 Å². The fraction of sp³-hybridized carbons (Fsp3) is 0.500. The standard InChI is InChI=1S/C18H24N4O3/c1-2-9-22-17(23)8-7-14(20-22)18(24)19-13-15(16-6-5-12-25-16)21-10-3-4-11-21/h5-8,12,15H,2-4,9-11,13H2,1H3,(H,19,24)/t15-/m1/s1. The Kier molecular flexibility index (Phi) is 5.65. The summed E-state index contributed by atoms with van der Waals surface area (Å²) in [7, 11) is 0. The van der Waals surface area contributed by atoms with Gasteiger partial charge in [0.1, 0.15) is 11.5 Å². The van der Waals surface area contributed by atoms with E-state index in [-0.39, 0.29) is 23.2 Å². The first-order valence-corrected chi connectivity index (χ1v) is 8.83. The molecule has 1 aliphatic heterocycles. The van der Waals surface area contributed by atoms with Gasteiger partial charge in [-0.05, 0) is 50.6 Å². The minimum Gasteiger partial charge on any atom is -0.468 e. The van der Waals surface area contributed by atoms with E-state index in [1.165, 1.54) is 16.8 Å². The molecule has 7 nitrogen and oxygen atoms in total. The van der Waals surface area contributed by atoms with Crippen molar-refractivity contribution in [1.29, 1.82) is 0 Å². The van der Waals surface area contributed by atoms with Crippen LogP contribution in [0.2, 0.25) is 0 Å². The smallest absolute Gasteiger partial charge is 0.271 e. The number of hydrogen-bond acceptors (Lipinski definition) is 5. The van der Waals surface area contributed by atoms with Crippen molar-refractivity contribution in [2.24, 2.45) is 0 Å². The Morgan fingerprint density at radius 2 is 2.12 bits per heavy atom. The second-order valence-electron chi connectivity index (χ2n) is 6.26. The molecule has 1 amide bonds. The van der Waals surface area contributed by atoms with Crippen LogP contribution in [-0.2, 0) is 6.54 Å². The maximum atomic E-state index is 12.5. The predicted molar refractivity (Wildman–Crippen MR) is 93.4 cm³/mol. The maximum Gasteiger partial charge on any atom is 0.271 e. The average molecular weight is 344 g/mol. The largest absolute Gasteiger partial charge is 0.468 e. The number of aromatic nitrogens is 2. The molecular weight excluding hydrogens is 320 g/mol. The highest BCUT2D eigenvalue weighted by Gasteiger charge is 2.26. The van der Waals surface area contributed by atoms with Crippen LogP contribution < -0.4 is 10.9 Å². The SMILES string of the molecule is CCCn1nc(C(=O)NC[C@H](c2ccco2)N2CCCC2)ccc1=O. The van der Waals surface area contributed by atoms with Gasteiger partial charge in [-0.15, -0.1) is 0 Å². The van der Waals surface area contributed by atoms with E-state index in [9.17, 15) is 9.59 Å². The summed E-state index contributed by atoms with van der Waals surface area (Å²) >= 11 is 0. The van der Waals surface area contributed by atoms with E-state index >= 15 is 0 Å². The third-order valence-electron chi connectivity index (χ3n) is 4.44. The summed E-state index contributed by atoms with van der Waals surface area (Å²) in [5.74, 6) is 0.576. The van der Waals surface area contributed by atoms with E-state index in [0.717, 1.165) is 38.1 Å². The van der Waals surface area contributed by atoms with Gasteiger partial charge in [0.05, 0.1) is 12.3 Å². The molecule has 25 heavy (non-hydrogen) atoms. The normalized spacial score (nSPS) is 16.0. The number of furan rings is 1. The number of carbonyl (C=O) groups is 1. The summed E-state index contributed by atoms with van der Waals surface area (Å²) in [6.07, 6.45) is 4.76. The zero-order valence-corrected chi connectivity index (χ0v) is 14.5. The zero-order valence-electron chi connectivity index (χ0n) is 14.5. The summed E-state index contributed by atoms with van der Waals surface area (Å²) < 4.78 is 6.89. The van der Waals surface area contributed by atoms with Gasteiger partial charge in [0.2, 0.25) is 0 Å². The number of carbonyl (C=O) groups excluding carboxylic acids is 1.